The summed E-state index contributed by atoms with van der Waals surface area (Å²) in [6, 6.07) is -0.128. The quantitative estimate of drug-likeness (QED) is 0.0453. The number of primary amides is 1. The average molecular weight is 1290 g/mol. The summed E-state index contributed by atoms with van der Waals surface area (Å²) in [7, 11) is 1.63. The van der Waals surface area contributed by atoms with Crippen LogP contribution in [0.4, 0.5) is 0 Å². The average Bonchev–Trinajstić information content (AvgIpc) is 1.49. The first-order valence-electron chi connectivity index (χ1n) is 32.5. The molecule has 2 aromatic rings. The van der Waals surface area contributed by atoms with Gasteiger partial charge in [-0.3, -0.25) is 52.7 Å². The number of esters is 1. The maximum Gasteiger partial charge on any atom is 0.329 e. The molecule has 15 N–H and O–H groups in total. The van der Waals surface area contributed by atoms with Crippen LogP contribution in [0.5, 0.6) is 0 Å². The van der Waals surface area contributed by atoms with E-state index < -0.39 is 193 Å². The number of carbonyl (C=O) groups is 12. The van der Waals surface area contributed by atoms with Gasteiger partial charge in [0.2, 0.25) is 65.0 Å². The fraction of sp³-hybridized carbons (Fsp3) is 0.662. The van der Waals surface area contributed by atoms with E-state index >= 15 is 0 Å². The van der Waals surface area contributed by atoms with E-state index in [1.807, 2.05) is 43.3 Å². The van der Waals surface area contributed by atoms with Crippen LogP contribution in [0.2, 0.25) is 0 Å². The third kappa shape index (κ3) is 21.7. The minimum atomic E-state index is -1.80. The molecule has 1 spiro atoms. The molecule has 1 saturated carbocycles. The summed E-state index contributed by atoms with van der Waals surface area (Å²) in [4.78, 5) is 167. The first-order valence-corrected chi connectivity index (χ1v) is 32.5. The van der Waals surface area contributed by atoms with Gasteiger partial charge in [-0.05, 0) is 93.0 Å². The van der Waals surface area contributed by atoms with Gasteiger partial charge in [-0.1, -0.05) is 149 Å². The molecular formula is C65H102N12O15. The van der Waals surface area contributed by atoms with Gasteiger partial charge in [0.05, 0.1) is 19.3 Å². The Labute approximate surface area is 539 Å². The highest BCUT2D eigenvalue weighted by molar-refractivity contribution is 6.00. The molecule has 2 aliphatic rings. The summed E-state index contributed by atoms with van der Waals surface area (Å²) in [5.41, 5.74) is 5.10. The number of carbonyl (C=O) groups excluding carboxylic acids is 12. The zero-order valence-corrected chi connectivity index (χ0v) is 55.3. The van der Waals surface area contributed by atoms with Crippen LogP contribution in [0, 0.1) is 23.7 Å². The number of amides is 11. The smallest absolute Gasteiger partial charge is 0.329 e. The van der Waals surface area contributed by atoms with Crippen molar-refractivity contribution in [3.8, 4) is 0 Å². The van der Waals surface area contributed by atoms with Crippen molar-refractivity contribution < 1.29 is 72.5 Å². The molecule has 1 aliphatic heterocycles. The van der Waals surface area contributed by atoms with Gasteiger partial charge < -0.3 is 79.2 Å². The lowest BCUT2D eigenvalue weighted by Crippen LogP contribution is -2.64. The molecule has 0 unspecified atom stereocenters. The molecule has 2 fully saturated rings. The number of benzene rings is 2. The molecule has 512 valence electrons. The molecule has 1 aliphatic carbocycles. The number of aliphatic hydroxyl groups excluding tert-OH is 2. The predicted octanol–water partition coefficient (Wildman–Crippen LogP) is 0.332. The number of hydrogen-bond donors (Lipinski definition) is 14. The second kappa shape index (κ2) is 37.1. The van der Waals surface area contributed by atoms with E-state index in [4.69, 9.17) is 10.5 Å². The highest BCUT2D eigenvalue weighted by Crippen LogP contribution is 2.29. The van der Waals surface area contributed by atoms with Crippen LogP contribution in [-0.2, 0) is 68.7 Å². The van der Waals surface area contributed by atoms with Crippen LogP contribution in [0.25, 0.3) is 10.8 Å². The van der Waals surface area contributed by atoms with Crippen molar-refractivity contribution in [3.05, 3.63) is 48.0 Å². The largest absolute Gasteiger partial charge is 0.458 e. The van der Waals surface area contributed by atoms with Crippen LogP contribution in [0.1, 0.15) is 158 Å². The van der Waals surface area contributed by atoms with Gasteiger partial charge >= 0.3 is 5.97 Å². The highest BCUT2D eigenvalue weighted by atomic mass is 16.5. The molecule has 92 heavy (non-hydrogen) atoms. The van der Waals surface area contributed by atoms with Crippen LogP contribution in [-0.4, -0.2) is 173 Å². The lowest BCUT2D eigenvalue weighted by atomic mass is 9.87. The zero-order chi connectivity index (χ0) is 68.6. The Kier molecular flexibility index (Phi) is 30.9. The Balaban J connectivity index is 1.51. The SMILES string of the molecule is CC[C@H](C)[C@H](NC(=O)[C@@H](CCc1ccc2ccccc2c1)NC)C(=O)N[C@@H](CO)C(=O)N[C@H](CCC(N)=O)C(=O)N[C@@H](C(=O)N[C@H](C(=O)N[C@@H](CO)C(=O)N[C@H]1C(=O)N[C@@H](C)C(=O)NC2(CCCCCC2)C(=O)N[C@@H]([C@@H](C)CC)C(=O)O[C@H]1C)[C@@H](C)CC)[C@@H](C)CC. The second-order valence-corrected chi connectivity index (χ2v) is 24.9. The molecule has 0 radical (unpaired) electrons. The van der Waals surface area contributed by atoms with E-state index in [-0.39, 0.29) is 25.7 Å². The highest BCUT2D eigenvalue weighted by Gasteiger charge is 2.46. The van der Waals surface area contributed by atoms with E-state index in [2.05, 4.69) is 64.6 Å². The summed E-state index contributed by atoms with van der Waals surface area (Å²) in [6.45, 7) is 14.4. The summed E-state index contributed by atoms with van der Waals surface area (Å²) in [5, 5.41) is 52.4. The Bertz CT molecular complexity index is 2890. The van der Waals surface area contributed by atoms with E-state index in [1.54, 1.807) is 55.5 Å². The number of cyclic esters (lactones) is 1. The molecule has 2 aromatic carbocycles. The summed E-state index contributed by atoms with van der Waals surface area (Å²) in [6.07, 6.45) is 3.44. The van der Waals surface area contributed by atoms with Crippen molar-refractivity contribution in [2.45, 2.75) is 231 Å². The van der Waals surface area contributed by atoms with Crippen molar-refractivity contribution in [3.63, 3.8) is 0 Å². The summed E-state index contributed by atoms with van der Waals surface area (Å²) in [5.74, 6) is -12.6. The normalized spacial score (nSPS) is 21.5. The Morgan fingerprint density at radius 2 is 1.09 bits per heavy atom. The van der Waals surface area contributed by atoms with Crippen molar-refractivity contribution in [2.75, 3.05) is 20.3 Å². The molecule has 0 bridgehead atoms. The maximum atomic E-state index is 14.5. The Hall–Kier alpha value is -7.78. The van der Waals surface area contributed by atoms with Gasteiger partial charge in [-0.15, -0.1) is 0 Å². The van der Waals surface area contributed by atoms with Crippen molar-refractivity contribution in [2.24, 2.45) is 29.4 Å². The number of ether oxygens (including phenoxy) is 1. The standard InChI is InChI=1S/C65H102N12O15/c1-12-35(5)49(72-55(82)44(67-11)27-25-41-24-26-42-22-18-19-23-43(42)32-41)59(86)70-46(33-78)57(84)69-45(28-29-48(66)80)56(83)73-51(37(7)14-3)61(88)74-50(36(6)13-2)60(87)71-47(34-79)58(85)75-53-40(10)92-63(90)52(38(8)15-4)76-64(91)65(30-20-16-17-21-31-65)77-54(81)39(9)68-62(53)89/h18-19,22-24,26,32,35-40,44-47,49-53,67,78-79H,12-17,20-21,25,27-31,33-34H2,1-11H3,(H2,66,80)(H,68,89)(H,69,84)(H,70,86)(H,71,87)(H,72,82)(H,73,83)(H,74,88)(H,75,85)(H,76,91)(H,77,81)/t35-,36-,37-,38-,39-,40-,44+,45+,46-,47-,49-,50-,51+,52-,53+/m0/s1. The number of likely N-dealkylation sites (N-methyl/N-ethyl adjacent to an activating group) is 1. The topological polar surface area (TPSA) is 413 Å². The molecule has 4 rings (SSSR count). The Morgan fingerprint density at radius 3 is 1.60 bits per heavy atom. The molecule has 1 heterocycles. The molecule has 11 amide bonds. The molecule has 1 saturated heterocycles. The molecule has 27 nitrogen and oxygen atoms in total. The second-order valence-electron chi connectivity index (χ2n) is 24.9. The first-order chi connectivity index (χ1) is 43.6. The molecular weight excluding hydrogens is 1190 g/mol. The minimum absolute atomic E-state index is 0.266. The monoisotopic (exact) mass is 1290 g/mol. The number of aliphatic hydroxyl groups is 2. The zero-order valence-electron chi connectivity index (χ0n) is 55.3. The summed E-state index contributed by atoms with van der Waals surface area (Å²) >= 11 is 0. The fourth-order valence-electron chi connectivity index (χ4n) is 11.1. The van der Waals surface area contributed by atoms with Gasteiger partial charge in [0, 0.05) is 6.42 Å². The number of fused-ring (bicyclic) bond motifs is 1. The number of nitrogens with two attached hydrogens (primary N) is 1. The van der Waals surface area contributed by atoms with Crippen molar-refractivity contribution >= 4 is 81.7 Å². The van der Waals surface area contributed by atoms with Crippen molar-refractivity contribution in [1.29, 1.82) is 0 Å². The molecule has 0 aromatic heterocycles. The molecule has 15 atom stereocenters. The van der Waals surface area contributed by atoms with Gasteiger partial charge in [-0.25, -0.2) is 4.79 Å². The lowest BCUT2D eigenvalue weighted by molar-refractivity contribution is -0.157. The van der Waals surface area contributed by atoms with E-state index in [9.17, 15) is 67.7 Å². The number of hydrogen-bond acceptors (Lipinski definition) is 16. The van der Waals surface area contributed by atoms with Crippen LogP contribution in [0.3, 0.4) is 0 Å². The third-order valence-corrected chi connectivity index (χ3v) is 18.1. The van der Waals surface area contributed by atoms with Gasteiger partial charge in [0.15, 0.2) is 0 Å². The minimum Gasteiger partial charge on any atom is -0.458 e. The first kappa shape index (κ1) is 76.7. The number of rotatable bonds is 31. The molecule has 27 heteroatoms. The van der Waals surface area contributed by atoms with Crippen LogP contribution < -0.4 is 64.2 Å². The van der Waals surface area contributed by atoms with E-state index in [0.29, 0.717) is 38.5 Å². The maximum absolute atomic E-state index is 14.5. The van der Waals surface area contributed by atoms with E-state index in [1.165, 1.54) is 13.8 Å². The fourth-order valence-corrected chi connectivity index (χ4v) is 11.1. The number of aryl methyl sites for hydroxylation is 1. The summed E-state index contributed by atoms with van der Waals surface area (Å²) < 4.78 is 5.80. The third-order valence-electron chi connectivity index (χ3n) is 18.1. The van der Waals surface area contributed by atoms with Gasteiger partial charge in [0.25, 0.3) is 0 Å². The van der Waals surface area contributed by atoms with E-state index in [0.717, 1.165) is 29.2 Å². The van der Waals surface area contributed by atoms with Crippen LogP contribution >= 0.6 is 0 Å². The van der Waals surface area contributed by atoms with Crippen molar-refractivity contribution in [1.82, 2.24) is 58.5 Å². The van der Waals surface area contributed by atoms with Gasteiger partial charge in [-0.2, -0.15) is 0 Å². The number of nitrogens with one attached hydrogen (secondary N) is 11. The Morgan fingerprint density at radius 1 is 0.598 bits per heavy atom. The lowest BCUT2D eigenvalue weighted by Gasteiger charge is -2.35. The van der Waals surface area contributed by atoms with Crippen LogP contribution in [0.15, 0.2) is 42.5 Å². The predicted molar refractivity (Wildman–Crippen MR) is 343 cm³/mol. The van der Waals surface area contributed by atoms with Gasteiger partial charge in [0.1, 0.15) is 66.0 Å².